The van der Waals surface area contributed by atoms with Gasteiger partial charge in [0, 0.05) is 6.42 Å². The number of nitrogens with zero attached hydrogens (tertiary/aromatic N) is 1. The molecule has 106 valence electrons. The van der Waals surface area contributed by atoms with E-state index in [4.69, 9.17) is 0 Å². The van der Waals surface area contributed by atoms with Gasteiger partial charge in [-0.05, 0) is 30.4 Å². The minimum Gasteiger partial charge on any atom is -0.481 e. The Labute approximate surface area is 122 Å². The van der Waals surface area contributed by atoms with E-state index in [0.29, 0.717) is 0 Å². The molecule has 0 atom stereocenters. The Morgan fingerprint density at radius 1 is 1.25 bits per heavy atom. The van der Waals surface area contributed by atoms with E-state index in [9.17, 15) is 9.90 Å². The molecule has 2 aromatic rings. The summed E-state index contributed by atoms with van der Waals surface area (Å²) in [7, 11) is 0. The van der Waals surface area contributed by atoms with Crippen LogP contribution in [0.2, 0.25) is 0 Å². The molecule has 0 amide bonds. The van der Waals surface area contributed by atoms with Crippen molar-refractivity contribution in [1.82, 2.24) is 4.98 Å². The lowest BCUT2D eigenvalue weighted by atomic mass is 9.70. The zero-order valence-corrected chi connectivity index (χ0v) is 12.3. The number of benzene rings is 1. The number of hydrogen-bond acceptors (Lipinski definition) is 3. The van der Waals surface area contributed by atoms with Crippen LogP contribution in [-0.4, -0.2) is 16.1 Å². The van der Waals surface area contributed by atoms with Crippen molar-refractivity contribution in [2.45, 2.75) is 44.9 Å². The molecular formula is C16H19NO2S. The smallest absolute Gasteiger partial charge is 0.303 e. The number of rotatable bonds is 4. The van der Waals surface area contributed by atoms with Crippen LogP contribution < -0.4 is 0 Å². The Hall–Kier alpha value is -1.42. The number of hydrogen-bond donors (Lipinski definition) is 1. The van der Waals surface area contributed by atoms with E-state index in [1.807, 2.05) is 18.2 Å². The summed E-state index contributed by atoms with van der Waals surface area (Å²) in [5.41, 5.74) is 0.964. The molecule has 0 spiro atoms. The van der Waals surface area contributed by atoms with Crippen LogP contribution in [0.25, 0.3) is 10.2 Å². The normalized spacial score (nSPS) is 18.2. The van der Waals surface area contributed by atoms with Gasteiger partial charge in [-0.3, -0.25) is 4.79 Å². The van der Waals surface area contributed by atoms with E-state index in [2.05, 4.69) is 11.1 Å². The maximum Gasteiger partial charge on any atom is 0.303 e. The van der Waals surface area contributed by atoms with Gasteiger partial charge in [-0.2, -0.15) is 0 Å². The fourth-order valence-electron chi connectivity index (χ4n) is 3.35. The highest BCUT2D eigenvalue weighted by molar-refractivity contribution is 7.18. The highest BCUT2D eigenvalue weighted by Crippen LogP contribution is 2.43. The topological polar surface area (TPSA) is 50.2 Å². The summed E-state index contributed by atoms with van der Waals surface area (Å²) in [5, 5.41) is 10.3. The van der Waals surface area contributed by atoms with Crippen LogP contribution in [0.3, 0.4) is 0 Å². The van der Waals surface area contributed by atoms with Gasteiger partial charge in [-0.25, -0.2) is 4.98 Å². The van der Waals surface area contributed by atoms with Crippen molar-refractivity contribution in [3.63, 3.8) is 0 Å². The van der Waals surface area contributed by atoms with Crippen molar-refractivity contribution in [1.29, 1.82) is 0 Å². The number of carboxylic acid groups (broad SMARTS) is 1. The summed E-state index contributed by atoms with van der Waals surface area (Å²) >= 11 is 1.71. The van der Waals surface area contributed by atoms with Crippen LogP contribution in [0.5, 0.6) is 0 Å². The van der Waals surface area contributed by atoms with Crippen molar-refractivity contribution < 1.29 is 9.90 Å². The molecule has 0 saturated heterocycles. The van der Waals surface area contributed by atoms with Crippen molar-refractivity contribution in [2.24, 2.45) is 5.41 Å². The standard InChI is InChI=1S/C16H19NO2S/c18-15(19)11-16(8-4-1-5-9-16)10-14-17-12-6-2-3-7-13(12)20-14/h2-3,6-7H,1,4-5,8-11H2,(H,18,19). The van der Waals surface area contributed by atoms with Crippen LogP contribution in [0.15, 0.2) is 24.3 Å². The maximum absolute atomic E-state index is 11.2. The first-order chi connectivity index (χ1) is 9.67. The zero-order valence-electron chi connectivity index (χ0n) is 11.5. The third kappa shape index (κ3) is 2.85. The molecule has 4 heteroatoms. The van der Waals surface area contributed by atoms with E-state index in [1.54, 1.807) is 11.3 Å². The second-order valence-electron chi connectivity index (χ2n) is 5.88. The molecule has 3 rings (SSSR count). The quantitative estimate of drug-likeness (QED) is 0.914. The van der Waals surface area contributed by atoms with Gasteiger partial charge in [0.1, 0.15) is 0 Å². The van der Waals surface area contributed by atoms with Gasteiger partial charge in [-0.15, -0.1) is 11.3 Å². The van der Waals surface area contributed by atoms with E-state index in [0.717, 1.165) is 42.6 Å². The van der Waals surface area contributed by atoms with Crippen LogP contribution >= 0.6 is 11.3 Å². The second kappa shape index (κ2) is 5.52. The number of carbonyl (C=O) groups is 1. The molecule has 0 radical (unpaired) electrons. The number of para-hydroxylation sites is 1. The first-order valence-corrected chi connectivity index (χ1v) is 8.05. The summed E-state index contributed by atoms with van der Waals surface area (Å²) in [5.74, 6) is -0.673. The largest absolute Gasteiger partial charge is 0.481 e. The molecule has 0 unspecified atom stereocenters. The van der Waals surface area contributed by atoms with Crippen LogP contribution in [0.1, 0.15) is 43.5 Å². The number of carboxylic acids is 1. The van der Waals surface area contributed by atoms with Crippen molar-refractivity contribution in [3.05, 3.63) is 29.3 Å². The van der Waals surface area contributed by atoms with E-state index < -0.39 is 5.97 Å². The Balaban J connectivity index is 1.86. The van der Waals surface area contributed by atoms with Gasteiger partial charge in [-0.1, -0.05) is 31.4 Å². The lowest BCUT2D eigenvalue weighted by Gasteiger charge is -2.35. The number of aliphatic carboxylic acids is 1. The van der Waals surface area contributed by atoms with Crippen LogP contribution in [0, 0.1) is 5.41 Å². The van der Waals surface area contributed by atoms with Gasteiger partial charge < -0.3 is 5.11 Å². The Kier molecular flexibility index (Phi) is 3.74. The molecule has 3 nitrogen and oxygen atoms in total. The van der Waals surface area contributed by atoms with Gasteiger partial charge in [0.05, 0.1) is 21.6 Å². The molecule has 0 aliphatic heterocycles. The SMILES string of the molecule is O=C(O)CC1(Cc2nc3ccccc3s2)CCCCC1. The fourth-order valence-corrected chi connectivity index (χ4v) is 4.50. The molecule has 1 aliphatic carbocycles. The molecular weight excluding hydrogens is 270 g/mol. The zero-order chi connectivity index (χ0) is 14.0. The third-order valence-corrected chi connectivity index (χ3v) is 5.34. The van der Waals surface area contributed by atoms with Crippen LogP contribution in [0.4, 0.5) is 0 Å². The predicted octanol–water partition coefficient (Wildman–Crippen LogP) is 4.26. The van der Waals surface area contributed by atoms with Crippen molar-refractivity contribution in [3.8, 4) is 0 Å². The summed E-state index contributed by atoms with van der Waals surface area (Å²) in [6.45, 7) is 0. The summed E-state index contributed by atoms with van der Waals surface area (Å²) in [4.78, 5) is 15.9. The molecule has 1 aromatic carbocycles. The Morgan fingerprint density at radius 2 is 2.00 bits per heavy atom. The van der Waals surface area contributed by atoms with E-state index in [-0.39, 0.29) is 11.8 Å². The van der Waals surface area contributed by atoms with E-state index in [1.165, 1.54) is 11.1 Å². The molecule has 1 aromatic heterocycles. The molecule has 1 heterocycles. The lowest BCUT2D eigenvalue weighted by molar-refractivity contribution is -0.140. The summed E-state index contributed by atoms with van der Waals surface area (Å²) in [6, 6.07) is 8.14. The monoisotopic (exact) mass is 289 g/mol. The molecule has 1 aliphatic rings. The average Bonchev–Trinajstić information content (AvgIpc) is 2.80. The van der Waals surface area contributed by atoms with Gasteiger partial charge in [0.25, 0.3) is 0 Å². The number of thiazole rings is 1. The van der Waals surface area contributed by atoms with E-state index >= 15 is 0 Å². The predicted molar refractivity (Wildman–Crippen MR) is 81.1 cm³/mol. The first kappa shape index (κ1) is 13.6. The van der Waals surface area contributed by atoms with Gasteiger partial charge in [0.2, 0.25) is 0 Å². The highest BCUT2D eigenvalue weighted by atomic mass is 32.1. The Bertz CT molecular complexity index is 581. The van der Waals surface area contributed by atoms with Crippen molar-refractivity contribution >= 4 is 27.5 Å². The van der Waals surface area contributed by atoms with Gasteiger partial charge in [0.15, 0.2) is 0 Å². The summed E-state index contributed by atoms with van der Waals surface area (Å²) in [6.07, 6.45) is 6.68. The van der Waals surface area contributed by atoms with Crippen LogP contribution in [-0.2, 0) is 11.2 Å². The molecule has 1 N–H and O–H groups in total. The molecule has 1 fully saturated rings. The maximum atomic E-state index is 11.2. The average molecular weight is 289 g/mol. The lowest BCUT2D eigenvalue weighted by Crippen LogP contribution is -2.29. The highest BCUT2D eigenvalue weighted by Gasteiger charge is 2.35. The molecule has 1 saturated carbocycles. The summed E-state index contributed by atoms with van der Waals surface area (Å²) < 4.78 is 1.20. The molecule has 20 heavy (non-hydrogen) atoms. The first-order valence-electron chi connectivity index (χ1n) is 7.23. The fraction of sp³-hybridized carbons (Fsp3) is 0.500. The molecule has 0 bridgehead atoms. The number of aromatic nitrogens is 1. The third-order valence-electron chi connectivity index (χ3n) is 4.30. The Morgan fingerprint density at radius 3 is 2.70 bits per heavy atom. The van der Waals surface area contributed by atoms with Crippen molar-refractivity contribution in [2.75, 3.05) is 0 Å². The second-order valence-corrected chi connectivity index (χ2v) is 7.00. The number of fused-ring (bicyclic) bond motifs is 1. The van der Waals surface area contributed by atoms with Gasteiger partial charge >= 0.3 is 5.97 Å². The minimum absolute atomic E-state index is 0.0715. The minimum atomic E-state index is -0.673.